The van der Waals surface area contributed by atoms with Gasteiger partial charge >= 0.3 is 0 Å². The van der Waals surface area contributed by atoms with Gasteiger partial charge in [-0.3, -0.25) is 0 Å². The summed E-state index contributed by atoms with van der Waals surface area (Å²) in [5.41, 5.74) is 1.54. The molecule has 0 aliphatic heterocycles. The van der Waals surface area contributed by atoms with Crippen molar-refractivity contribution in [3.8, 4) is 0 Å². The van der Waals surface area contributed by atoms with Gasteiger partial charge < -0.3 is 10.2 Å². The Morgan fingerprint density at radius 2 is 1.93 bits per heavy atom. The van der Waals surface area contributed by atoms with Crippen molar-refractivity contribution in [3.63, 3.8) is 0 Å². The van der Waals surface area contributed by atoms with Crippen LogP contribution >= 0.6 is 0 Å². The molecule has 2 N–H and O–H groups in total. The van der Waals surface area contributed by atoms with Crippen LogP contribution in [0.1, 0.15) is 33.6 Å². The van der Waals surface area contributed by atoms with E-state index in [1.54, 1.807) is 0 Å². The second-order valence-electron chi connectivity index (χ2n) is 5.37. The highest BCUT2D eigenvalue weighted by molar-refractivity contribution is 5.16. The summed E-state index contributed by atoms with van der Waals surface area (Å²) >= 11 is 0. The third kappa shape index (κ3) is 2.82. The highest BCUT2D eigenvalue weighted by Crippen LogP contribution is 2.37. The molecule has 0 radical (unpaired) electrons. The minimum absolute atomic E-state index is 0.168. The number of aliphatic hydroxyl groups excluding tert-OH is 2. The number of hydrogen-bond donors (Lipinski definition) is 2. The van der Waals surface area contributed by atoms with Crippen molar-refractivity contribution in [3.05, 3.63) is 11.6 Å². The topological polar surface area (TPSA) is 40.5 Å². The first-order chi connectivity index (χ1) is 6.47. The van der Waals surface area contributed by atoms with Crippen LogP contribution in [0.4, 0.5) is 0 Å². The van der Waals surface area contributed by atoms with Crippen LogP contribution in [0, 0.1) is 17.3 Å². The van der Waals surface area contributed by atoms with Gasteiger partial charge in [0, 0.05) is 19.1 Å². The van der Waals surface area contributed by atoms with Gasteiger partial charge in [0.05, 0.1) is 0 Å². The zero-order chi connectivity index (χ0) is 10.8. The fourth-order valence-electron chi connectivity index (χ4n) is 2.07. The van der Waals surface area contributed by atoms with Crippen LogP contribution in [0.5, 0.6) is 0 Å². The average molecular weight is 198 g/mol. The Morgan fingerprint density at radius 3 is 2.36 bits per heavy atom. The normalized spacial score (nSPS) is 28.8. The van der Waals surface area contributed by atoms with Crippen LogP contribution in [-0.2, 0) is 0 Å². The maximum Gasteiger partial charge on any atom is 0.0494 e. The second-order valence-corrected chi connectivity index (χ2v) is 5.37. The van der Waals surface area contributed by atoms with Gasteiger partial charge in [-0.15, -0.1) is 0 Å². The number of aliphatic hydroxyl groups is 2. The SMILES string of the molecule is CC(C)(C)C1=C[C@H](CO)C[C@H](CO)C1. The Labute approximate surface area is 86.6 Å². The zero-order valence-electron chi connectivity index (χ0n) is 9.45. The summed E-state index contributed by atoms with van der Waals surface area (Å²) in [4.78, 5) is 0. The summed E-state index contributed by atoms with van der Waals surface area (Å²) in [5, 5.41) is 18.3. The van der Waals surface area contributed by atoms with Crippen molar-refractivity contribution in [2.24, 2.45) is 17.3 Å². The van der Waals surface area contributed by atoms with Crippen molar-refractivity contribution in [1.29, 1.82) is 0 Å². The lowest BCUT2D eigenvalue weighted by Gasteiger charge is -2.33. The van der Waals surface area contributed by atoms with E-state index in [9.17, 15) is 5.11 Å². The fraction of sp³-hybridized carbons (Fsp3) is 0.833. The number of allylic oxidation sites excluding steroid dienone is 1. The highest BCUT2D eigenvalue weighted by Gasteiger charge is 2.27. The molecular weight excluding hydrogens is 176 g/mol. The number of rotatable bonds is 2. The van der Waals surface area contributed by atoms with Gasteiger partial charge in [-0.05, 0) is 24.2 Å². The van der Waals surface area contributed by atoms with E-state index in [1.807, 2.05) is 0 Å². The lowest BCUT2D eigenvalue weighted by atomic mass is 9.73. The Kier molecular flexibility index (Phi) is 3.73. The number of hydrogen-bond acceptors (Lipinski definition) is 2. The molecule has 0 saturated carbocycles. The van der Waals surface area contributed by atoms with Crippen LogP contribution in [0.3, 0.4) is 0 Å². The molecule has 14 heavy (non-hydrogen) atoms. The van der Waals surface area contributed by atoms with Crippen LogP contribution in [-0.4, -0.2) is 23.4 Å². The predicted molar refractivity (Wildman–Crippen MR) is 57.9 cm³/mol. The van der Waals surface area contributed by atoms with Gasteiger partial charge in [0.2, 0.25) is 0 Å². The molecule has 0 fully saturated rings. The standard InChI is InChI=1S/C12H22O2/c1-12(2,3)11-5-9(7-13)4-10(6-11)8-14/h5,9-10,13-14H,4,6-8H2,1-3H3/t9-,10+/m1/s1. The lowest BCUT2D eigenvalue weighted by molar-refractivity contribution is 0.163. The molecule has 82 valence electrons. The first kappa shape index (κ1) is 11.7. The third-order valence-electron chi connectivity index (χ3n) is 3.04. The van der Waals surface area contributed by atoms with Crippen LogP contribution in [0.25, 0.3) is 0 Å². The van der Waals surface area contributed by atoms with Crippen molar-refractivity contribution < 1.29 is 10.2 Å². The average Bonchev–Trinajstić information content (AvgIpc) is 2.15. The quantitative estimate of drug-likeness (QED) is 0.666. The van der Waals surface area contributed by atoms with E-state index in [-0.39, 0.29) is 24.5 Å². The molecule has 0 bridgehead atoms. The molecule has 2 nitrogen and oxygen atoms in total. The monoisotopic (exact) mass is 198 g/mol. The predicted octanol–water partition coefficient (Wildman–Crippen LogP) is 1.97. The van der Waals surface area contributed by atoms with Crippen molar-refractivity contribution in [1.82, 2.24) is 0 Å². The molecule has 0 aromatic carbocycles. The summed E-state index contributed by atoms with van der Waals surface area (Å²) in [6.45, 7) is 7.01. The zero-order valence-corrected chi connectivity index (χ0v) is 9.45. The van der Waals surface area contributed by atoms with Crippen LogP contribution < -0.4 is 0 Å². The molecule has 0 saturated heterocycles. The smallest absolute Gasteiger partial charge is 0.0494 e. The largest absolute Gasteiger partial charge is 0.396 e. The maximum atomic E-state index is 9.18. The minimum atomic E-state index is 0.168. The molecule has 0 heterocycles. The Balaban J connectivity index is 2.78. The highest BCUT2D eigenvalue weighted by atomic mass is 16.3. The maximum absolute atomic E-state index is 9.18. The Hall–Kier alpha value is -0.340. The van der Waals surface area contributed by atoms with E-state index in [0.29, 0.717) is 5.92 Å². The van der Waals surface area contributed by atoms with Gasteiger partial charge in [0.25, 0.3) is 0 Å². The molecule has 1 rings (SSSR count). The summed E-state index contributed by atoms with van der Waals surface area (Å²) in [6, 6.07) is 0. The molecule has 0 aromatic rings. The van der Waals surface area contributed by atoms with Crippen molar-refractivity contribution in [2.75, 3.05) is 13.2 Å². The van der Waals surface area contributed by atoms with Gasteiger partial charge in [0.15, 0.2) is 0 Å². The van der Waals surface area contributed by atoms with E-state index >= 15 is 0 Å². The van der Waals surface area contributed by atoms with E-state index in [2.05, 4.69) is 26.8 Å². The first-order valence-electron chi connectivity index (χ1n) is 5.40. The van der Waals surface area contributed by atoms with E-state index in [0.717, 1.165) is 12.8 Å². The van der Waals surface area contributed by atoms with E-state index in [4.69, 9.17) is 5.11 Å². The van der Waals surface area contributed by atoms with Crippen LogP contribution in [0.2, 0.25) is 0 Å². The first-order valence-corrected chi connectivity index (χ1v) is 5.40. The van der Waals surface area contributed by atoms with Gasteiger partial charge in [0.1, 0.15) is 0 Å². The van der Waals surface area contributed by atoms with Gasteiger partial charge in [-0.25, -0.2) is 0 Å². The molecule has 1 aliphatic rings. The fourth-order valence-corrected chi connectivity index (χ4v) is 2.07. The summed E-state index contributed by atoms with van der Waals surface area (Å²) in [7, 11) is 0. The molecular formula is C12H22O2. The molecule has 1 aliphatic carbocycles. The molecule has 0 aromatic heterocycles. The van der Waals surface area contributed by atoms with Crippen LogP contribution in [0.15, 0.2) is 11.6 Å². The summed E-state index contributed by atoms with van der Waals surface area (Å²) < 4.78 is 0. The molecule has 2 heteroatoms. The molecule has 2 atom stereocenters. The Bertz CT molecular complexity index is 213. The minimum Gasteiger partial charge on any atom is -0.396 e. The van der Waals surface area contributed by atoms with E-state index < -0.39 is 0 Å². The molecule has 0 unspecified atom stereocenters. The molecule has 0 spiro atoms. The molecule has 0 amide bonds. The Morgan fingerprint density at radius 1 is 1.29 bits per heavy atom. The third-order valence-corrected chi connectivity index (χ3v) is 3.04. The van der Waals surface area contributed by atoms with Gasteiger partial charge in [-0.1, -0.05) is 32.4 Å². The summed E-state index contributed by atoms with van der Waals surface area (Å²) in [6.07, 6.45) is 4.11. The van der Waals surface area contributed by atoms with Gasteiger partial charge in [-0.2, -0.15) is 0 Å². The van der Waals surface area contributed by atoms with Crippen molar-refractivity contribution in [2.45, 2.75) is 33.6 Å². The lowest BCUT2D eigenvalue weighted by Crippen LogP contribution is -2.24. The van der Waals surface area contributed by atoms with Crippen molar-refractivity contribution >= 4 is 0 Å². The second kappa shape index (κ2) is 4.45. The summed E-state index contributed by atoms with van der Waals surface area (Å²) in [5.74, 6) is 0.585. The van der Waals surface area contributed by atoms with E-state index in [1.165, 1.54) is 5.57 Å².